The minimum atomic E-state index is -0.315. The summed E-state index contributed by atoms with van der Waals surface area (Å²) < 4.78 is 0. The van der Waals surface area contributed by atoms with Crippen LogP contribution in [0.2, 0.25) is 0 Å². The molecule has 6 aliphatic rings. The molecule has 0 atom stereocenters. The van der Waals surface area contributed by atoms with Gasteiger partial charge in [0.25, 0.3) is 0 Å². The van der Waals surface area contributed by atoms with Crippen LogP contribution in [-0.2, 0) is 0 Å². The highest BCUT2D eigenvalue weighted by Gasteiger charge is 2.41. The quantitative estimate of drug-likeness (QED) is 0.177. The Morgan fingerprint density at radius 2 is 0.581 bits per heavy atom. The van der Waals surface area contributed by atoms with E-state index in [0.29, 0.717) is 22.3 Å². The number of para-hydroxylation sites is 2. The summed E-state index contributed by atoms with van der Waals surface area (Å²) in [5, 5.41) is 0. The summed E-state index contributed by atoms with van der Waals surface area (Å²) >= 11 is 0. The second kappa shape index (κ2) is 12.7. The Balaban J connectivity index is 1.02. The first-order valence-corrected chi connectivity index (χ1v) is 20.8. The number of rotatable bonds is 4. The molecule has 7 aromatic carbocycles. The van der Waals surface area contributed by atoms with E-state index in [0.717, 1.165) is 89.2 Å². The van der Waals surface area contributed by atoms with Crippen LogP contribution < -0.4 is 42.6 Å². The maximum atomic E-state index is 13.3. The number of anilines is 6. The van der Waals surface area contributed by atoms with Gasteiger partial charge in [0.1, 0.15) is 0 Å². The van der Waals surface area contributed by atoms with Crippen LogP contribution in [0.5, 0.6) is 0 Å². The molecule has 0 radical (unpaired) electrons. The van der Waals surface area contributed by atoms with Crippen LogP contribution in [-0.4, -0.2) is 36.6 Å². The zero-order valence-corrected chi connectivity index (χ0v) is 33.0. The van der Waals surface area contributed by atoms with E-state index in [2.05, 4.69) is 82.6 Å². The van der Waals surface area contributed by atoms with E-state index < -0.39 is 0 Å². The van der Waals surface area contributed by atoms with E-state index in [4.69, 9.17) is 0 Å². The summed E-state index contributed by atoms with van der Waals surface area (Å²) in [5.41, 5.74) is 17.9. The molecular formula is C54H30B2N2O4. The predicted molar refractivity (Wildman–Crippen MR) is 251 cm³/mol. The van der Waals surface area contributed by atoms with Crippen LogP contribution in [0.3, 0.4) is 0 Å². The Bertz CT molecular complexity index is 3000. The van der Waals surface area contributed by atoms with Crippen LogP contribution >= 0.6 is 0 Å². The molecule has 6 nitrogen and oxygen atoms in total. The molecule has 2 aliphatic heterocycles. The molecule has 7 aromatic rings. The molecule has 0 saturated carbocycles. The maximum Gasteiger partial charge on any atom is 0.246 e. The van der Waals surface area contributed by atoms with Crippen molar-refractivity contribution >= 4 is 128 Å². The molecule has 0 saturated heterocycles. The second-order valence-corrected chi connectivity index (χ2v) is 16.7. The van der Waals surface area contributed by atoms with Gasteiger partial charge in [0, 0.05) is 56.4 Å². The minimum absolute atomic E-state index is 0.0261. The summed E-state index contributed by atoms with van der Waals surface area (Å²) in [5.74, 6) is -0.104. The van der Waals surface area contributed by atoms with E-state index in [1.54, 1.807) is 24.3 Å². The third kappa shape index (κ3) is 4.89. The van der Waals surface area contributed by atoms with E-state index in [-0.39, 0.29) is 36.6 Å². The molecule has 0 N–H and O–H groups in total. The van der Waals surface area contributed by atoms with Crippen LogP contribution in [0.1, 0.15) is 63.7 Å². The van der Waals surface area contributed by atoms with Gasteiger partial charge in [-0.3, -0.25) is 19.2 Å². The molecular weight excluding hydrogens is 762 g/mol. The van der Waals surface area contributed by atoms with Crippen molar-refractivity contribution in [2.75, 3.05) is 9.80 Å². The van der Waals surface area contributed by atoms with Crippen molar-refractivity contribution in [3.8, 4) is 0 Å². The molecule has 0 amide bonds. The van der Waals surface area contributed by atoms with Crippen molar-refractivity contribution in [3.63, 3.8) is 0 Å². The standard InChI is InChI=1S/C54H30B2N2O4/c59-51-19-11-31-23-47-43(27-39(31)51)55(44-28-40-32(12-20-52(40)60)24-48(44)57(47)37-7-3-1-4-8-37)35-15-17-36(18-16-35)56-45-29-41-33(13-21-53(41)61)25-49(45)58(38-9-5-2-6-10-38)50-26-34-14-22-54(62)42(34)30-46(50)56/h1-30H. The lowest BCUT2D eigenvalue weighted by atomic mass is 9.33. The lowest BCUT2D eigenvalue weighted by Gasteiger charge is -2.38. The third-order valence-corrected chi connectivity index (χ3v) is 13.4. The van der Waals surface area contributed by atoms with Gasteiger partial charge in [0.05, 0.1) is 0 Å². The Morgan fingerprint density at radius 1 is 0.306 bits per heavy atom. The monoisotopic (exact) mass is 792 g/mol. The predicted octanol–water partition coefficient (Wildman–Crippen LogP) is 7.12. The Labute approximate surface area is 357 Å². The van der Waals surface area contributed by atoms with E-state index in [1.807, 2.05) is 85.0 Å². The molecule has 4 aliphatic carbocycles. The van der Waals surface area contributed by atoms with Crippen LogP contribution in [0.4, 0.5) is 34.1 Å². The van der Waals surface area contributed by atoms with Crippen LogP contribution in [0.15, 0.2) is 158 Å². The fraction of sp³-hybridized carbons (Fsp3) is 0. The number of ketones is 4. The first-order valence-electron chi connectivity index (χ1n) is 20.8. The summed E-state index contributed by atoms with van der Waals surface area (Å²) in [6, 6.07) is 45.7. The molecule has 62 heavy (non-hydrogen) atoms. The molecule has 8 heteroatoms. The number of hydrogen-bond acceptors (Lipinski definition) is 6. The topological polar surface area (TPSA) is 74.8 Å². The average molecular weight is 792 g/mol. The highest BCUT2D eigenvalue weighted by Crippen LogP contribution is 2.42. The van der Waals surface area contributed by atoms with Gasteiger partial charge in [0.15, 0.2) is 23.1 Å². The smallest absolute Gasteiger partial charge is 0.246 e. The maximum absolute atomic E-state index is 13.3. The SMILES string of the molecule is O=C1C=Cc2cc3c(cc21)B(c1ccc(B2c4cc5c(cc4N(c4ccccc4)c4cc6c(cc42)C(=O)C=C6)C=CC5=O)cc1)c1cc2c(cc1N3c1ccccc1)C=CC2=O. The summed E-state index contributed by atoms with van der Waals surface area (Å²) in [7, 11) is 0. The zero-order chi connectivity index (χ0) is 41.4. The largest absolute Gasteiger partial charge is 0.311 e. The van der Waals surface area contributed by atoms with Crippen molar-refractivity contribution in [1.29, 1.82) is 0 Å². The van der Waals surface area contributed by atoms with Gasteiger partial charge >= 0.3 is 0 Å². The Morgan fingerprint density at radius 3 is 0.855 bits per heavy atom. The lowest BCUT2D eigenvalue weighted by molar-refractivity contribution is 0.104. The van der Waals surface area contributed by atoms with Crippen molar-refractivity contribution < 1.29 is 19.2 Å². The van der Waals surface area contributed by atoms with Gasteiger partial charge in [-0.1, -0.05) is 120 Å². The number of fused-ring (bicyclic) bond motifs is 8. The van der Waals surface area contributed by atoms with Crippen molar-refractivity contribution in [3.05, 3.63) is 202 Å². The Hall–Kier alpha value is -8.09. The molecule has 13 rings (SSSR count). The molecule has 0 bridgehead atoms. The van der Waals surface area contributed by atoms with Gasteiger partial charge in [-0.2, -0.15) is 0 Å². The highest BCUT2D eigenvalue weighted by molar-refractivity contribution is 6.99. The average Bonchev–Trinajstić information content (AvgIpc) is 4.07. The number of hydrogen-bond donors (Lipinski definition) is 0. The fourth-order valence-electron chi connectivity index (χ4n) is 10.5. The van der Waals surface area contributed by atoms with Gasteiger partial charge in [-0.05, 0) is 117 Å². The normalized spacial score (nSPS) is 15.5. The summed E-state index contributed by atoms with van der Waals surface area (Å²) in [6.07, 6.45) is 14.1. The minimum Gasteiger partial charge on any atom is -0.311 e. The number of carbonyl (C=O) groups is 4. The van der Waals surface area contributed by atoms with E-state index in [1.165, 1.54) is 0 Å². The highest BCUT2D eigenvalue weighted by atomic mass is 16.1. The van der Waals surface area contributed by atoms with Gasteiger partial charge in [-0.25, -0.2) is 0 Å². The van der Waals surface area contributed by atoms with E-state index >= 15 is 0 Å². The van der Waals surface area contributed by atoms with Crippen LogP contribution in [0, 0.1) is 0 Å². The van der Waals surface area contributed by atoms with E-state index in [9.17, 15) is 19.2 Å². The first-order chi connectivity index (χ1) is 30.4. The number of nitrogens with zero attached hydrogens (tertiary/aromatic N) is 2. The van der Waals surface area contributed by atoms with Crippen molar-refractivity contribution in [2.45, 2.75) is 0 Å². The lowest BCUT2D eigenvalue weighted by Crippen LogP contribution is -2.59. The summed E-state index contributed by atoms with van der Waals surface area (Å²) in [4.78, 5) is 57.7. The van der Waals surface area contributed by atoms with Gasteiger partial charge in [0.2, 0.25) is 13.4 Å². The summed E-state index contributed by atoms with van der Waals surface area (Å²) in [6.45, 7) is -0.630. The van der Waals surface area contributed by atoms with Crippen molar-refractivity contribution in [2.24, 2.45) is 0 Å². The number of benzene rings is 7. The number of carbonyl (C=O) groups excluding carboxylic acids is 4. The molecule has 0 spiro atoms. The molecule has 0 fully saturated rings. The molecule has 2 heterocycles. The molecule has 0 unspecified atom stereocenters. The Kier molecular flexibility index (Phi) is 7.12. The number of allylic oxidation sites excluding steroid dienone is 4. The van der Waals surface area contributed by atoms with Gasteiger partial charge < -0.3 is 9.80 Å². The fourth-order valence-corrected chi connectivity index (χ4v) is 10.5. The zero-order valence-electron chi connectivity index (χ0n) is 33.0. The van der Waals surface area contributed by atoms with Crippen molar-refractivity contribution in [1.82, 2.24) is 0 Å². The molecule has 0 aromatic heterocycles. The van der Waals surface area contributed by atoms with Gasteiger partial charge in [-0.15, -0.1) is 0 Å². The first kappa shape index (κ1) is 34.7. The molecule has 286 valence electrons. The second-order valence-electron chi connectivity index (χ2n) is 16.7. The third-order valence-electron chi connectivity index (χ3n) is 13.4. The van der Waals surface area contributed by atoms with Crippen LogP contribution in [0.25, 0.3) is 24.3 Å².